The van der Waals surface area contributed by atoms with E-state index in [1.165, 1.54) is 4.57 Å². The van der Waals surface area contributed by atoms with E-state index in [0.717, 1.165) is 0 Å². The fourth-order valence-corrected chi connectivity index (χ4v) is 2.13. The molecule has 0 aromatic carbocycles. The monoisotopic (exact) mass is 255 g/mol. The lowest BCUT2D eigenvalue weighted by molar-refractivity contribution is -0.0465. The van der Waals surface area contributed by atoms with Crippen molar-refractivity contribution in [1.82, 2.24) is 9.55 Å². The van der Waals surface area contributed by atoms with Gasteiger partial charge in [0.2, 0.25) is 0 Å². The summed E-state index contributed by atoms with van der Waals surface area (Å²) in [4.78, 5) is 15.6. The summed E-state index contributed by atoms with van der Waals surface area (Å²) in [6, 6.07) is 0. The van der Waals surface area contributed by atoms with Crippen molar-refractivity contribution in [2.24, 2.45) is 0 Å². The van der Waals surface area contributed by atoms with Gasteiger partial charge in [-0.25, -0.2) is 4.79 Å². The molecule has 100 valence electrons. The van der Waals surface area contributed by atoms with Gasteiger partial charge in [-0.3, -0.25) is 4.57 Å². The van der Waals surface area contributed by atoms with Crippen molar-refractivity contribution in [3.8, 4) is 0 Å². The zero-order chi connectivity index (χ0) is 13.4. The van der Waals surface area contributed by atoms with Crippen molar-refractivity contribution in [3.63, 3.8) is 0 Å². The van der Waals surface area contributed by atoms with Crippen LogP contribution in [-0.4, -0.2) is 38.6 Å². The van der Waals surface area contributed by atoms with E-state index in [2.05, 4.69) is 4.98 Å². The summed E-state index contributed by atoms with van der Waals surface area (Å²) in [6.07, 6.45) is -1.82. The third kappa shape index (κ3) is 2.00. The summed E-state index contributed by atoms with van der Waals surface area (Å²) in [5.74, 6) is 0.200. The highest BCUT2D eigenvalue weighted by molar-refractivity contribution is 5.40. The average Bonchev–Trinajstić information content (AvgIpc) is 2.67. The van der Waals surface area contributed by atoms with Crippen molar-refractivity contribution < 1.29 is 14.9 Å². The lowest BCUT2D eigenvalue weighted by Crippen LogP contribution is -2.31. The van der Waals surface area contributed by atoms with Crippen molar-refractivity contribution in [2.75, 3.05) is 12.3 Å². The number of nitrogens with zero attached hydrogens (tertiary/aromatic N) is 2. The lowest BCUT2D eigenvalue weighted by atomic mass is 10.2. The molecule has 2 rings (SSSR count). The maximum absolute atomic E-state index is 11.8. The van der Waals surface area contributed by atoms with Crippen LogP contribution in [0.1, 0.15) is 23.9 Å². The van der Waals surface area contributed by atoms with Crippen LogP contribution in [-0.2, 0) is 4.74 Å². The van der Waals surface area contributed by atoms with E-state index in [9.17, 15) is 9.90 Å². The molecule has 18 heavy (non-hydrogen) atoms. The van der Waals surface area contributed by atoms with E-state index in [1.54, 1.807) is 13.8 Å². The van der Waals surface area contributed by atoms with Crippen LogP contribution in [0.15, 0.2) is 4.79 Å². The fraction of sp³-hybridized carbons (Fsp3) is 0.636. The minimum absolute atomic E-state index is 0.200. The van der Waals surface area contributed by atoms with Crippen LogP contribution in [0.5, 0.6) is 0 Å². The second-order valence-corrected chi connectivity index (χ2v) is 4.47. The van der Waals surface area contributed by atoms with Gasteiger partial charge >= 0.3 is 5.69 Å². The molecule has 0 unspecified atom stereocenters. The van der Waals surface area contributed by atoms with Crippen LogP contribution in [0.3, 0.4) is 0 Å². The molecule has 0 amide bonds. The molecule has 0 radical (unpaired) electrons. The van der Waals surface area contributed by atoms with E-state index in [0.29, 0.717) is 11.3 Å². The van der Waals surface area contributed by atoms with Crippen LogP contribution in [0.25, 0.3) is 0 Å². The van der Waals surface area contributed by atoms with E-state index >= 15 is 0 Å². The van der Waals surface area contributed by atoms with Gasteiger partial charge in [0, 0.05) is 17.7 Å². The SMILES string of the molecule is Cc1c(N)nc(=O)n([C@H]2C[C@H](O)[C@@H](CO)O2)c1C. The van der Waals surface area contributed by atoms with Gasteiger partial charge < -0.3 is 20.7 Å². The smallest absolute Gasteiger partial charge is 0.351 e. The fourth-order valence-electron chi connectivity index (χ4n) is 2.13. The predicted molar refractivity (Wildman–Crippen MR) is 64.0 cm³/mol. The first-order chi connectivity index (χ1) is 8.45. The number of nitrogens with two attached hydrogens (primary N) is 1. The summed E-state index contributed by atoms with van der Waals surface area (Å²) >= 11 is 0. The predicted octanol–water partition coefficient (Wildman–Crippen LogP) is -0.917. The zero-order valence-electron chi connectivity index (χ0n) is 10.3. The number of ether oxygens (including phenoxy) is 1. The Labute approximate surface area is 104 Å². The molecule has 1 saturated heterocycles. The molecule has 1 aliphatic rings. The van der Waals surface area contributed by atoms with E-state index in [1.807, 2.05) is 0 Å². The highest BCUT2D eigenvalue weighted by Crippen LogP contribution is 2.29. The van der Waals surface area contributed by atoms with Gasteiger partial charge in [-0.15, -0.1) is 0 Å². The van der Waals surface area contributed by atoms with Crippen molar-refractivity contribution in [1.29, 1.82) is 0 Å². The normalized spacial score (nSPS) is 27.7. The molecule has 3 atom stereocenters. The summed E-state index contributed by atoms with van der Waals surface area (Å²) in [6.45, 7) is 3.23. The van der Waals surface area contributed by atoms with E-state index in [4.69, 9.17) is 15.6 Å². The molecule has 1 aromatic rings. The molecule has 2 heterocycles. The number of hydrogen-bond donors (Lipinski definition) is 3. The van der Waals surface area contributed by atoms with Crippen LogP contribution in [0.2, 0.25) is 0 Å². The van der Waals surface area contributed by atoms with Gasteiger partial charge in [0.1, 0.15) is 18.1 Å². The molecule has 0 aliphatic carbocycles. The van der Waals surface area contributed by atoms with Crippen LogP contribution in [0.4, 0.5) is 5.82 Å². The number of aliphatic hydroxyl groups is 2. The first-order valence-corrected chi connectivity index (χ1v) is 5.75. The van der Waals surface area contributed by atoms with Gasteiger partial charge in [0.25, 0.3) is 0 Å². The zero-order valence-corrected chi connectivity index (χ0v) is 10.3. The second kappa shape index (κ2) is 4.68. The standard InChI is InChI=1S/C11H17N3O4/c1-5-6(2)14(11(17)13-10(5)12)9-3-7(16)8(4-15)18-9/h7-9,15-16H,3-4H2,1-2H3,(H2,12,13,17)/t7-,8+,9+/m0/s1. The van der Waals surface area contributed by atoms with E-state index < -0.39 is 24.1 Å². The number of nitrogen functional groups attached to an aromatic ring is 1. The highest BCUT2D eigenvalue weighted by Gasteiger charge is 2.35. The quantitative estimate of drug-likeness (QED) is 0.630. The average molecular weight is 255 g/mol. The number of anilines is 1. The summed E-state index contributed by atoms with van der Waals surface area (Å²) in [5.41, 5.74) is 6.47. The summed E-state index contributed by atoms with van der Waals surface area (Å²) < 4.78 is 6.81. The minimum Gasteiger partial charge on any atom is -0.394 e. The third-order valence-electron chi connectivity index (χ3n) is 3.38. The molecule has 0 spiro atoms. The highest BCUT2D eigenvalue weighted by atomic mass is 16.5. The molecular weight excluding hydrogens is 238 g/mol. The molecule has 0 saturated carbocycles. The van der Waals surface area contributed by atoms with Gasteiger partial charge in [-0.1, -0.05) is 0 Å². The molecule has 4 N–H and O–H groups in total. The minimum atomic E-state index is -0.788. The number of aliphatic hydroxyl groups excluding tert-OH is 2. The molecule has 7 heteroatoms. The Morgan fingerprint density at radius 3 is 2.78 bits per heavy atom. The number of rotatable bonds is 2. The van der Waals surface area contributed by atoms with Gasteiger partial charge in [-0.2, -0.15) is 4.98 Å². The second-order valence-electron chi connectivity index (χ2n) is 4.47. The lowest BCUT2D eigenvalue weighted by Gasteiger charge is -2.18. The molecule has 1 fully saturated rings. The van der Waals surface area contributed by atoms with Gasteiger partial charge in [0.05, 0.1) is 12.7 Å². The Hall–Kier alpha value is -1.44. The van der Waals surface area contributed by atoms with Crippen LogP contribution < -0.4 is 11.4 Å². The van der Waals surface area contributed by atoms with Crippen LogP contribution in [0, 0.1) is 13.8 Å². The largest absolute Gasteiger partial charge is 0.394 e. The van der Waals surface area contributed by atoms with Crippen molar-refractivity contribution in [3.05, 3.63) is 21.7 Å². The third-order valence-corrected chi connectivity index (χ3v) is 3.38. The summed E-state index contributed by atoms with van der Waals surface area (Å²) in [5, 5.41) is 18.7. The first-order valence-electron chi connectivity index (χ1n) is 5.75. The van der Waals surface area contributed by atoms with Crippen molar-refractivity contribution in [2.45, 2.75) is 38.7 Å². The Balaban J connectivity index is 2.42. The van der Waals surface area contributed by atoms with Gasteiger partial charge in [0.15, 0.2) is 0 Å². The molecule has 1 aliphatic heterocycles. The van der Waals surface area contributed by atoms with Crippen molar-refractivity contribution >= 4 is 5.82 Å². The Kier molecular flexibility index (Phi) is 3.38. The van der Waals surface area contributed by atoms with Gasteiger partial charge in [-0.05, 0) is 13.8 Å². The maximum atomic E-state index is 11.8. The molecule has 7 nitrogen and oxygen atoms in total. The Morgan fingerprint density at radius 1 is 1.56 bits per heavy atom. The van der Waals surface area contributed by atoms with Crippen LogP contribution >= 0.6 is 0 Å². The first kappa shape index (κ1) is 13.0. The van der Waals surface area contributed by atoms with E-state index in [-0.39, 0.29) is 18.8 Å². The Bertz CT molecular complexity index is 514. The number of hydrogen-bond acceptors (Lipinski definition) is 6. The summed E-state index contributed by atoms with van der Waals surface area (Å²) in [7, 11) is 0. The number of aromatic nitrogens is 2. The topological polar surface area (TPSA) is 111 Å². The maximum Gasteiger partial charge on any atom is 0.351 e. The molecule has 0 bridgehead atoms. The Morgan fingerprint density at radius 2 is 2.22 bits per heavy atom. The molecular formula is C11H17N3O4. The molecule has 1 aromatic heterocycles.